The maximum atomic E-state index is 11.8. The van der Waals surface area contributed by atoms with E-state index >= 15 is 0 Å². The maximum absolute atomic E-state index is 11.8. The molecule has 2 rings (SSSR count). The molecule has 0 aliphatic heterocycles. The third-order valence-corrected chi connectivity index (χ3v) is 3.56. The van der Waals surface area contributed by atoms with Gasteiger partial charge in [-0.05, 0) is 17.7 Å². The van der Waals surface area contributed by atoms with E-state index in [1.165, 1.54) is 36.5 Å². The number of carbonyl (C=O) groups is 1. The summed E-state index contributed by atoms with van der Waals surface area (Å²) in [5.41, 5.74) is 2.88. The monoisotopic (exact) mass is 367 g/mol. The van der Waals surface area contributed by atoms with Crippen LogP contribution in [0.1, 0.15) is 11.1 Å². The molecule has 0 spiro atoms. The van der Waals surface area contributed by atoms with E-state index in [0.29, 0.717) is 5.56 Å². The number of para-hydroxylation sites is 1. The number of phenolic OH excluding ortho intramolecular Hbond substituents is 1. The number of nitrogens with one attached hydrogen (secondary N) is 1. The fraction of sp³-hybridized carbons (Fsp3) is 0.0667. The van der Waals surface area contributed by atoms with Crippen molar-refractivity contribution in [2.75, 3.05) is 0 Å². The number of nitro groups is 1. The second kappa shape index (κ2) is 7.76. The van der Waals surface area contributed by atoms with Gasteiger partial charge in [-0.15, -0.1) is 0 Å². The standard InChI is InChI=1S/C15H11Cl2N3O4/c16-11-5-9(6-12(17)15(11)22)8-18-19-14(21)7-10-3-1-2-4-13(10)20(23)24/h1-6,8,22H,7H2,(H,19,21)/b18-8+. The molecule has 0 saturated heterocycles. The van der Waals surface area contributed by atoms with Crippen molar-refractivity contribution < 1.29 is 14.8 Å². The SMILES string of the molecule is O=C(Cc1ccccc1[N+](=O)[O-])N/N=C/c1cc(Cl)c(O)c(Cl)c1. The number of amides is 1. The molecule has 0 atom stereocenters. The molecule has 0 heterocycles. The minimum atomic E-state index is -0.549. The van der Waals surface area contributed by atoms with E-state index in [4.69, 9.17) is 23.2 Å². The molecule has 0 bridgehead atoms. The highest BCUT2D eigenvalue weighted by Gasteiger charge is 2.15. The Morgan fingerprint density at radius 1 is 1.29 bits per heavy atom. The zero-order chi connectivity index (χ0) is 17.7. The number of phenols is 1. The van der Waals surface area contributed by atoms with Gasteiger partial charge in [-0.3, -0.25) is 14.9 Å². The van der Waals surface area contributed by atoms with Gasteiger partial charge in [0.25, 0.3) is 5.69 Å². The molecule has 0 saturated carbocycles. The lowest BCUT2D eigenvalue weighted by molar-refractivity contribution is -0.385. The van der Waals surface area contributed by atoms with Crippen molar-refractivity contribution in [2.45, 2.75) is 6.42 Å². The largest absolute Gasteiger partial charge is 0.505 e. The number of nitro benzene ring substituents is 1. The summed E-state index contributed by atoms with van der Waals surface area (Å²) < 4.78 is 0. The number of hydrogen-bond donors (Lipinski definition) is 2. The van der Waals surface area contributed by atoms with E-state index in [2.05, 4.69) is 10.5 Å². The molecular weight excluding hydrogens is 357 g/mol. The molecular formula is C15H11Cl2N3O4. The second-order valence-corrected chi connectivity index (χ2v) is 5.50. The van der Waals surface area contributed by atoms with Crippen molar-refractivity contribution in [2.24, 2.45) is 5.10 Å². The van der Waals surface area contributed by atoms with Crippen LogP contribution in [0.5, 0.6) is 5.75 Å². The summed E-state index contributed by atoms with van der Waals surface area (Å²) in [5, 5.41) is 24.2. The van der Waals surface area contributed by atoms with Crippen LogP contribution in [0.25, 0.3) is 0 Å². The number of hydrogen-bond acceptors (Lipinski definition) is 5. The van der Waals surface area contributed by atoms with E-state index in [9.17, 15) is 20.0 Å². The van der Waals surface area contributed by atoms with Gasteiger partial charge in [0.2, 0.25) is 5.91 Å². The summed E-state index contributed by atoms with van der Waals surface area (Å²) in [6.45, 7) is 0. The highest BCUT2D eigenvalue weighted by Crippen LogP contribution is 2.32. The fourth-order valence-electron chi connectivity index (χ4n) is 1.89. The van der Waals surface area contributed by atoms with E-state index in [1.807, 2.05) is 0 Å². The topological polar surface area (TPSA) is 105 Å². The van der Waals surface area contributed by atoms with Crippen LogP contribution in [0.4, 0.5) is 5.69 Å². The Bertz CT molecular complexity index is 801. The van der Waals surface area contributed by atoms with E-state index in [-0.39, 0.29) is 33.5 Å². The number of nitrogens with zero attached hydrogens (tertiary/aromatic N) is 2. The molecule has 24 heavy (non-hydrogen) atoms. The van der Waals surface area contributed by atoms with Crippen molar-refractivity contribution in [1.82, 2.24) is 5.43 Å². The lowest BCUT2D eigenvalue weighted by Crippen LogP contribution is -2.20. The number of rotatable bonds is 5. The van der Waals surface area contributed by atoms with Crippen LogP contribution < -0.4 is 5.43 Å². The molecule has 124 valence electrons. The maximum Gasteiger partial charge on any atom is 0.273 e. The normalized spacial score (nSPS) is 10.8. The minimum absolute atomic E-state index is 0.0511. The van der Waals surface area contributed by atoms with Crippen LogP contribution in [0.15, 0.2) is 41.5 Å². The smallest absolute Gasteiger partial charge is 0.273 e. The summed E-state index contributed by atoms with van der Waals surface area (Å²) in [4.78, 5) is 22.2. The number of aromatic hydroxyl groups is 1. The van der Waals surface area contributed by atoms with Crippen molar-refractivity contribution in [3.8, 4) is 5.75 Å². The predicted molar refractivity (Wildman–Crippen MR) is 90.7 cm³/mol. The number of carbonyl (C=O) groups excluding carboxylic acids is 1. The third kappa shape index (κ3) is 4.43. The zero-order valence-electron chi connectivity index (χ0n) is 12.1. The highest BCUT2D eigenvalue weighted by atomic mass is 35.5. The third-order valence-electron chi connectivity index (χ3n) is 2.98. The van der Waals surface area contributed by atoms with Gasteiger partial charge in [0.15, 0.2) is 5.75 Å². The first-order chi connectivity index (χ1) is 11.4. The van der Waals surface area contributed by atoms with Crippen LogP contribution in [0, 0.1) is 10.1 Å². The zero-order valence-corrected chi connectivity index (χ0v) is 13.6. The molecule has 7 nitrogen and oxygen atoms in total. The average Bonchev–Trinajstić information content (AvgIpc) is 2.52. The van der Waals surface area contributed by atoms with E-state index in [0.717, 1.165) is 0 Å². The second-order valence-electron chi connectivity index (χ2n) is 4.69. The Labute approximate surface area is 146 Å². The molecule has 0 radical (unpaired) electrons. The van der Waals surface area contributed by atoms with Crippen molar-refractivity contribution in [3.05, 3.63) is 67.7 Å². The molecule has 0 unspecified atom stereocenters. The van der Waals surface area contributed by atoms with Crippen molar-refractivity contribution in [1.29, 1.82) is 0 Å². The molecule has 0 aliphatic rings. The fourth-order valence-corrected chi connectivity index (χ4v) is 2.39. The molecule has 1 amide bonds. The summed E-state index contributed by atoms with van der Waals surface area (Å²) in [5.74, 6) is -0.757. The van der Waals surface area contributed by atoms with Gasteiger partial charge in [0.1, 0.15) is 0 Å². The molecule has 2 aromatic rings. The molecule has 2 N–H and O–H groups in total. The van der Waals surface area contributed by atoms with Crippen LogP contribution in [0.2, 0.25) is 10.0 Å². The molecule has 0 aromatic heterocycles. The first kappa shape index (κ1) is 17.7. The van der Waals surface area contributed by atoms with Crippen molar-refractivity contribution >= 4 is 41.0 Å². The summed E-state index contributed by atoms with van der Waals surface area (Å²) >= 11 is 11.5. The summed E-state index contributed by atoms with van der Waals surface area (Å²) in [6.07, 6.45) is 1.10. The molecule has 0 fully saturated rings. The van der Waals surface area contributed by atoms with Crippen LogP contribution in [-0.4, -0.2) is 22.2 Å². The quantitative estimate of drug-likeness (QED) is 0.480. The summed E-state index contributed by atoms with van der Waals surface area (Å²) in [7, 11) is 0. The van der Waals surface area contributed by atoms with Crippen LogP contribution in [0.3, 0.4) is 0 Å². The number of hydrazone groups is 1. The van der Waals surface area contributed by atoms with Gasteiger partial charge in [-0.2, -0.15) is 5.10 Å². The first-order valence-electron chi connectivity index (χ1n) is 6.60. The molecule has 9 heteroatoms. The van der Waals surface area contributed by atoms with Gasteiger partial charge in [-0.25, -0.2) is 5.43 Å². The Morgan fingerprint density at radius 2 is 1.92 bits per heavy atom. The lowest BCUT2D eigenvalue weighted by atomic mass is 10.1. The van der Waals surface area contributed by atoms with Crippen molar-refractivity contribution in [3.63, 3.8) is 0 Å². The Balaban J connectivity index is 2.03. The van der Waals surface area contributed by atoms with E-state index in [1.54, 1.807) is 6.07 Å². The van der Waals surface area contributed by atoms with Gasteiger partial charge >= 0.3 is 0 Å². The summed E-state index contributed by atoms with van der Waals surface area (Å²) in [6, 6.07) is 8.80. The molecule has 2 aromatic carbocycles. The molecule has 0 aliphatic carbocycles. The number of halogens is 2. The van der Waals surface area contributed by atoms with Crippen LogP contribution in [-0.2, 0) is 11.2 Å². The van der Waals surface area contributed by atoms with E-state index < -0.39 is 10.8 Å². The number of benzene rings is 2. The van der Waals surface area contributed by atoms with Crippen LogP contribution >= 0.6 is 23.2 Å². The van der Waals surface area contributed by atoms with Gasteiger partial charge in [-0.1, -0.05) is 41.4 Å². The predicted octanol–water partition coefficient (Wildman–Crippen LogP) is 3.30. The van der Waals surface area contributed by atoms with Gasteiger partial charge < -0.3 is 5.11 Å². The van der Waals surface area contributed by atoms with Gasteiger partial charge in [0, 0.05) is 11.6 Å². The Kier molecular flexibility index (Phi) is 5.73. The first-order valence-corrected chi connectivity index (χ1v) is 7.36. The lowest BCUT2D eigenvalue weighted by Gasteiger charge is -2.03. The highest BCUT2D eigenvalue weighted by molar-refractivity contribution is 6.37. The minimum Gasteiger partial charge on any atom is -0.505 e. The Hall–Kier alpha value is -2.64. The Morgan fingerprint density at radius 3 is 2.54 bits per heavy atom. The van der Waals surface area contributed by atoms with Gasteiger partial charge in [0.05, 0.1) is 27.6 Å². The average molecular weight is 368 g/mol.